The van der Waals surface area contributed by atoms with Gasteiger partial charge in [0.05, 0.1) is 6.20 Å². The van der Waals surface area contributed by atoms with Crippen LogP contribution in [0.4, 0.5) is 0 Å². The van der Waals surface area contributed by atoms with Crippen molar-refractivity contribution in [1.29, 1.82) is 0 Å². The second kappa shape index (κ2) is 3.37. The molecular formula is C9H8N4O. The summed E-state index contributed by atoms with van der Waals surface area (Å²) >= 11 is 0. The molecule has 2 heterocycles. The van der Waals surface area contributed by atoms with Crippen LogP contribution in [-0.2, 0) is 0 Å². The van der Waals surface area contributed by atoms with Crippen molar-refractivity contribution in [3.05, 3.63) is 40.7 Å². The maximum absolute atomic E-state index is 10.8. The van der Waals surface area contributed by atoms with Crippen molar-refractivity contribution in [2.45, 2.75) is 6.92 Å². The Hall–Kier alpha value is -2.04. The zero-order valence-electron chi connectivity index (χ0n) is 7.56. The Morgan fingerprint density at radius 2 is 2.21 bits per heavy atom. The molecule has 0 amide bonds. The quantitative estimate of drug-likeness (QED) is 0.708. The van der Waals surface area contributed by atoms with Crippen LogP contribution in [0, 0.1) is 6.92 Å². The zero-order valence-corrected chi connectivity index (χ0v) is 7.56. The number of aryl methyl sites for hydroxylation is 1. The van der Waals surface area contributed by atoms with Crippen LogP contribution in [0.3, 0.4) is 0 Å². The number of nitrogens with one attached hydrogen (secondary N) is 1. The molecule has 0 aliphatic carbocycles. The standard InChI is InChI=1S/C9H8N4O/c1-6-2-3-10-9(13-6)7-4-12-8(14)5-11-7/h2-5H,1H3,(H,12,14). The number of aromatic amines is 1. The molecule has 0 atom stereocenters. The molecule has 14 heavy (non-hydrogen) atoms. The predicted octanol–water partition coefficient (Wildman–Crippen LogP) is 0.535. The van der Waals surface area contributed by atoms with Crippen LogP contribution in [0.2, 0.25) is 0 Å². The smallest absolute Gasteiger partial charge is 0.266 e. The summed E-state index contributed by atoms with van der Waals surface area (Å²) in [6.07, 6.45) is 4.36. The van der Waals surface area contributed by atoms with Crippen molar-refractivity contribution in [3.8, 4) is 11.5 Å². The van der Waals surface area contributed by atoms with E-state index in [9.17, 15) is 4.79 Å². The van der Waals surface area contributed by atoms with Gasteiger partial charge in [0.1, 0.15) is 5.69 Å². The van der Waals surface area contributed by atoms with Crippen LogP contribution in [-0.4, -0.2) is 19.9 Å². The third-order valence-electron chi connectivity index (χ3n) is 1.70. The van der Waals surface area contributed by atoms with E-state index in [1.54, 1.807) is 12.3 Å². The number of nitrogens with zero attached hydrogens (tertiary/aromatic N) is 3. The van der Waals surface area contributed by atoms with E-state index in [-0.39, 0.29) is 5.56 Å². The Morgan fingerprint density at radius 1 is 1.36 bits per heavy atom. The molecule has 70 valence electrons. The average molecular weight is 188 g/mol. The molecule has 1 N–H and O–H groups in total. The molecule has 0 aromatic carbocycles. The van der Waals surface area contributed by atoms with Crippen LogP contribution >= 0.6 is 0 Å². The van der Waals surface area contributed by atoms with Crippen LogP contribution in [0.25, 0.3) is 11.5 Å². The van der Waals surface area contributed by atoms with Gasteiger partial charge < -0.3 is 4.98 Å². The van der Waals surface area contributed by atoms with Gasteiger partial charge in [-0.05, 0) is 13.0 Å². The fraction of sp³-hybridized carbons (Fsp3) is 0.111. The molecule has 2 rings (SSSR count). The first-order valence-electron chi connectivity index (χ1n) is 4.10. The Labute approximate surface area is 79.9 Å². The molecule has 0 aliphatic heterocycles. The average Bonchev–Trinajstić information content (AvgIpc) is 2.19. The number of H-pyrrole nitrogens is 1. The largest absolute Gasteiger partial charge is 0.325 e. The molecule has 0 bridgehead atoms. The van der Waals surface area contributed by atoms with E-state index in [0.717, 1.165) is 5.69 Å². The minimum atomic E-state index is -0.235. The van der Waals surface area contributed by atoms with Gasteiger partial charge in [-0.15, -0.1) is 0 Å². The highest BCUT2D eigenvalue weighted by Gasteiger charge is 2.01. The van der Waals surface area contributed by atoms with E-state index in [2.05, 4.69) is 19.9 Å². The van der Waals surface area contributed by atoms with Crippen molar-refractivity contribution in [2.24, 2.45) is 0 Å². The number of rotatable bonds is 1. The molecule has 0 radical (unpaired) electrons. The topological polar surface area (TPSA) is 71.5 Å². The van der Waals surface area contributed by atoms with Crippen molar-refractivity contribution in [1.82, 2.24) is 19.9 Å². The summed E-state index contributed by atoms with van der Waals surface area (Å²) in [5.41, 5.74) is 1.19. The van der Waals surface area contributed by atoms with E-state index >= 15 is 0 Å². The van der Waals surface area contributed by atoms with E-state index in [0.29, 0.717) is 11.5 Å². The lowest BCUT2D eigenvalue weighted by Gasteiger charge is -1.98. The molecule has 0 spiro atoms. The summed E-state index contributed by atoms with van der Waals surface area (Å²) < 4.78 is 0. The second-order valence-corrected chi connectivity index (χ2v) is 2.82. The first kappa shape index (κ1) is 8.55. The first-order chi connectivity index (χ1) is 6.75. The SMILES string of the molecule is Cc1ccnc(-c2c[nH]c(=O)cn2)n1. The maximum Gasteiger partial charge on any atom is 0.266 e. The van der Waals surface area contributed by atoms with Crippen LogP contribution < -0.4 is 5.56 Å². The summed E-state index contributed by atoms with van der Waals surface area (Å²) in [4.78, 5) is 25.4. The highest BCUT2D eigenvalue weighted by molar-refractivity contribution is 5.46. The van der Waals surface area contributed by atoms with Gasteiger partial charge in [-0.1, -0.05) is 0 Å². The summed E-state index contributed by atoms with van der Waals surface area (Å²) in [6.45, 7) is 1.87. The Kier molecular flexibility index (Phi) is 2.06. The van der Waals surface area contributed by atoms with Gasteiger partial charge in [-0.25, -0.2) is 15.0 Å². The van der Waals surface area contributed by atoms with Crippen molar-refractivity contribution >= 4 is 0 Å². The van der Waals surface area contributed by atoms with Crippen molar-refractivity contribution < 1.29 is 0 Å². The third kappa shape index (κ3) is 1.66. The lowest BCUT2D eigenvalue weighted by Crippen LogP contribution is -2.05. The molecular weight excluding hydrogens is 180 g/mol. The van der Waals surface area contributed by atoms with Crippen LogP contribution in [0.15, 0.2) is 29.5 Å². The molecule has 0 saturated heterocycles. The number of hydrogen-bond donors (Lipinski definition) is 1. The van der Waals surface area contributed by atoms with E-state index in [1.165, 1.54) is 12.4 Å². The summed E-state index contributed by atoms with van der Waals surface area (Å²) in [6, 6.07) is 1.80. The summed E-state index contributed by atoms with van der Waals surface area (Å²) in [5.74, 6) is 0.515. The Bertz CT molecular complexity index is 486. The fourth-order valence-corrected chi connectivity index (χ4v) is 1.04. The minimum absolute atomic E-state index is 0.235. The lowest BCUT2D eigenvalue weighted by atomic mass is 10.4. The lowest BCUT2D eigenvalue weighted by molar-refractivity contribution is 1.06. The Morgan fingerprint density at radius 3 is 2.86 bits per heavy atom. The molecule has 0 unspecified atom stereocenters. The normalized spacial score (nSPS) is 10.1. The zero-order chi connectivity index (χ0) is 9.97. The number of aromatic nitrogens is 4. The molecule has 0 fully saturated rings. The molecule has 2 aromatic rings. The van der Waals surface area contributed by atoms with Gasteiger partial charge in [0.2, 0.25) is 0 Å². The summed E-state index contributed by atoms with van der Waals surface area (Å²) in [5, 5.41) is 0. The van der Waals surface area contributed by atoms with Crippen LogP contribution in [0.1, 0.15) is 5.69 Å². The van der Waals surface area contributed by atoms with Gasteiger partial charge in [0, 0.05) is 18.1 Å². The maximum atomic E-state index is 10.8. The fourth-order valence-electron chi connectivity index (χ4n) is 1.04. The van der Waals surface area contributed by atoms with Crippen molar-refractivity contribution in [2.75, 3.05) is 0 Å². The highest BCUT2D eigenvalue weighted by atomic mass is 16.1. The molecule has 0 saturated carbocycles. The van der Waals surface area contributed by atoms with Gasteiger partial charge in [0.15, 0.2) is 5.82 Å². The predicted molar refractivity (Wildman–Crippen MR) is 50.6 cm³/mol. The van der Waals surface area contributed by atoms with Gasteiger partial charge >= 0.3 is 0 Å². The van der Waals surface area contributed by atoms with E-state index < -0.39 is 0 Å². The molecule has 0 aliphatic rings. The highest BCUT2D eigenvalue weighted by Crippen LogP contribution is 2.07. The van der Waals surface area contributed by atoms with Crippen LogP contribution in [0.5, 0.6) is 0 Å². The minimum Gasteiger partial charge on any atom is -0.325 e. The van der Waals surface area contributed by atoms with Gasteiger partial charge in [-0.2, -0.15) is 0 Å². The van der Waals surface area contributed by atoms with Gasteiger partial charge in [0.25, 0.3) is 5.56 Å². The van der Waals surface area contributed by atoms with Crippen molar-refractivity contribution in [3.63, 3.8) is 0 Å². The third-order valence-corrected chi connectivity index (χ3v) is 1.70. The van der Waals surface area contributed by atoms with E-state index in [4.69, 9.17) is 0 Å². The number of hydrogen-bond acceptors (Lipinski definition) is 4. The second-order valence-electron chi connectivity index (χ2n) is 2.82. The summed E-state index contributed by atoms with van der Waals surface area (Å²) in [7, 11) is 0. The molecule has 5 nitrogen and oxygen atoms in total. The molecule has 5 heteroatoms. The first-order valence-corrected chi connectivity index (χ1v) is 4.10. The monoisotopic (exact) mass is 188 g/mol. The Balaban J connectivity index is 2.49. The molecule has 2 aromatic heterocycles. The van der Waals surface area contributed by atoms with E-state index in [1.807, 2.05) is 6.92 Å². The van der Waals surface area contributed by atoms with Gasteiger partial charge in [-0.3, -0.25) is 4.79 Å².